The van der Waals surface area contributed by atoms with Gasteiger partial charge < -0.3 is 11.5 Å². The normalized spacial score (nSPS) is 10.6. The number of carbonyl (C=O) groups excluding carboxylic acids is 1. The van der Waals surface area contributed by atoms with Crippen LogP contribution in [0.25, 0.3) is 22.0 Å². The average Bonchev–Trinajstić information content (AvgIpc) is 2.53. The Bertz CT molecular complexity index is 961. The third-order valence-corrected chi connectivity index (χ3v) is 4.07. The summed E-state index contributed by atoms with van der Waals surface area (Å²) in [7, 11) is 0. The first-order valence-corrected chi connectivity index (χ1v) is 7.70. The Morgan fingerprint density at radius 3 is 2.42 bits per heavy atom. The smallest absolute Gasteiger partial charge is 0.280 e. The number of rotatable bonds is 2. The monoisotopic (exact) mass is 358 g/mol. The Morgan fingerprint density at radius 2 is 1.75 bits per heavy atom. The first kappa shape index (κ1) is 16.2. The van der Waals surface area contributed by atoms with Crippen LogP contribution in [0.4, 0.5) is 0 Å². The van der Waals surface area contributed by atoms with E-state index in [1.54, 1.807) is 42.6 Å². The van der Waals surface area contributed by atoms with Gasteiger partial charge in [0, 0.05) is 22.7 Å². The molecule has 0 radical (unpaired) electrons. The molecular weight excluding hydrogens is 347 g/mol. The molecule has 0 atom stereocenters. The lowest BCUT2D eigenvalue weighted by Gasteiger charge is -2.10. The molecule has 0 bridgehead atoms. The molecule has 0 aliphatic heterocycles. The van der Waals surface area contributed by atoms with Crippen molar-refractivity contribution in [2.75, 3.05) is 0 Å². The van der Waals surface area contributed by atoms with E-state index in [9.17, 15) is 4.79 Å². The summed E-state index contributed by atoms with van der Waals surface area (Å²) in [6.45, 7) is 0. The quantitative estimate of drug-likeness (QED) is 0.540. The van der Waals surface area contributed by atoms with Crippen LogP contribution < -0.4 is 11.5 Å². The van der Waals surface area contributed by atoms with Crippen molar-refractivity contribution in [3.05, 3.63) is 64.3 Å². The number of hydrogen-bond donors (Lipinski definition) is 2. The maximum absolute atomic E-state index is 12.1. The van der Waals surface area contributed by atoms with E-state index < -0.39 is 5.91 Å². The Hall–Kier alpha value is -2.63. The van der Waals surface area contributed by atoms with Gasteiger partial charge >= 0.3 is 0 Å². The van der Waals surface area contributed by atoms with Gasteiger partial charge in [0.1, 0.15) is 0 Å². The van der Waals surface area contributed by atoms with Crippen LogP contribution in [0.15, 0.2) is 53.7 Å². The Morgan fingerprint density at radius 1 is 1.04 bits per heavy atom. The van der Waals surface area contributed by atoms with Gasteiger partial charge in [-0.1, -0.05) is 35.3 Å². The van der Waals surface area contributed by atoms with E-state index >= 15 is 0 Å². The predicted octanol–water partition coefficient (Wildman–Crippen LogP) is 3.62. The number of hydrogen-bond acceptors (Lipinski definition) is 2. The van der Waals surface area contributed by atoms with Crippen molar-refractivity contribution in [1.82, 2.24) is 4.98 Å². The molecule has 1 aromatic heterocycles. The molecule has 3 rings (SSSR count). The van der Waals surface area contributed by atoms with Gasteiger partial charge in [-0.2, -0.15) is 4.99 Å². The maximum atomic E-state index is 12.1. The lowest BCUT2D eigenvalue weighted by atomic mass is 10.0. The van der Waals surface area contributed by atoms with Gasteiger partial charge in [-0.25, -0.2) is 0 Å². The van der Waals surface area contributed by atoms with Crippen LogP contribution in [0, 0.1) is 0 Å². The number of benzene rings is 2. The lowest BCUT2D eigenvalue weighted by Crippen LogP contribution is -2.24. The number of carbonyl (C=O) groups is 1. The van der Waals surface area contributed by atoms with Crippen LogP contribution in [-0.4, -0.2) is 16.9 Å². The molecule has 0 spiro atoms. The van der Waals surface area contributed by atoms with Crippen molar-refractivity contribution in [3.8, 4) is 11.3 Å². The van der Waals surface area contributed by atoms with Crippen LogP contribution in [-0.2, 0) is 0 Å². The highest BCUT2D eigenvalue weighted by atomic mass is 35.5. The highest BCUT2D eigenvalue weighted by Gasteiger charge is 2.14. The summed E-state index contributed by atoms with van der Waals surface area (Å²) in [6, 6.07) is 12.2. The topological polar surface area (TPSA) is 94.4 Å². The SMILES string of the molecule is NC(N)=NC(=O)c1ccc2ccnc(-c3c(Cl)cccc3Cl)c2c1. The van der Waals surface area contributed by atoms with Crippen molar-refractivity contribution in [1.29, 1.82) is 0 Å². The van der Waals surface area contributed by atoms with Crippen molar-refractivity contribution < 1.29 is 4.79 Å². The molecule has 3 aromatic rings. The fourth-order valence-corrected chi connectivity index (χ4v) is 2.98. The third kappa shape index (κ3) is 3.04. The molecular formula is C17H12Cl2N4O. The molecule has 5 nitrogen and oxygen atoms in total. The van der Waals surface area contributed by atoms with E-state index in [2.05, 4.69) is 9.98 Å². The van der Waals surface area contributed by atoms with Crippen LogP contribution in [0.2, 0.25) is 10.0 Å². The summed E-state index contributed by atoms with van der Waals surface area (Å²) >= 11 is 12.6. The van der Waals surface area contributed by atoms with Crippen LogP contribution >= 0.6 is 23.2 Å². The highest BCUT2D eigenvalue weighted by Crippen LogP contribution is 2.37. The van der Waals surface area contributed by atoms with E-state index in [0.29, 0.717) is 26.9 Å². The fraction of sp³-hybridized carbons (Fsp3) is 0. The second-order valence-electron chi connectivity index (χ2n) is 5.03. The van der Waals surface area contributed by atoms with Crippen molar-refractivity contribution >= 4 is 45.8 Å². The zero-order chi connectivity index (χ0) is 17.3. The summed E-state index contributed by atoms with van der Waals surface area (Å²) in [5.41, 5.74) is 12.1. The Labute approximate surface area is 147 Å². The highest BCUT2D eigenvalue weighted by molar-refractivity contribution is 6.39. The molecule has 1 heterocycles. The van der Waals surface area contributed by atoms with Gasteiger partial charge in [0.05, 0.1) is 15.7 Å². The molecule has 0 fully saturated rings. The van der Waals surface area contributed by atoms with Crippen LogP contribution in [0.1, 0.15) is 10.4 Å². The summed E-state index contributed by atoms with van der Waals surface area (Å²) in [6.07, 6.45) is 1.66. The number of guanidine groups is 1. The molecule has 0 unspecified atom stereocenters. The zero-order valence-corrected chi connectivity index (χ0v) is 13.8. The van der Waals surface area contributed by atoms with Gasteiger partial charge in [-0.15, -0.1) is 0 Å². The van der Waals surface area contributed by atoms with Gasteiger partial charge in [0.2, 0.25) is 0 Å². The molecule has 7 heteroatoms. The zero-order valence-electron chi connectivity index (χ0n) is 12.3. The van der Waals surface area contributed by atoms with Crippen molar-refractivity contribution in [3.63, 3.8) is 0 Å². The van der Waals surface area contributed by atoms with E-state index in [0.717, 1.165) is 10.8 Å². The molecule has 24 heavy (non-hydrogen) atoms. The first-order valence-electron chi connectivity index (χ1n) is 6.94. The number of aromatic nitrogens is 1. The molecule has 1 amide bonds. The number of nitrogens with zero attached hydrogens (tertiary/aromatic N) is 2. The fourth-order valence-electron chi connectivity index (χ4n) is 2.41. The van der Waals surface area contributed by atoms with Crippen LogP contribution in [0.3, 0.4) is 0 Å². The minimum absolute atomic E-state index is 0.291. The molecule has 2 aromatic carbocycles. The van der Waals surface area contributed by atoms with Crippen molar-refractivity contribution in [2.24, 2.45) is 16.5 Å². The summed E-state index contributed by atoms with van der Waals surface area (Å²) < 4.78 is 0. The van der Waals surface area contributed by atoms with E-state index in [-0.39, 0.29) is 5.96 Å². The molecule has 0 aliphatic carbocycles. The third-order valence-electron chi connectivity index (χ3n) is 3.44. The second kappa shape index (κ2) is 6.47. The van der Waals surface area contributed by atoms with E-state index in [1.807, 2.05) is 6.07 Å². The largest absolute Gasteiger partial charge is 0.370 e. The van der Waals surface area contributed by atoms with Gasteiger partial charge in [-0.05, 0) is 35.7 Å². The molecule has 0 saturated carbocycles. The number of pyridine rings is 1. The van der Waals surface area contributed by atoms with Gasteiger partial charge in [0.25, 0.3) is 5.91 Å². The Balaban J connectivity index is 2.26. The summed E-state index contributed by atoms with van der Waals surface area (Å²) in [4.78, 5) is 20.0. The van der Waals surface area contributed by atoms with E-state index in [4.69, 9.17) is 34.7 Å². The van der Waals surface area contributed by atoms with Gasteiger partial charge in [0.15, 0.2) is 5.96 Å². The molecule has 120 valence electrons. The summed E-state index contributed by atoms with van der Waals surface area (Å²) in [5, 5.41) is 2.56. The lowest BCUT2D eigenvalue weighted by molar-refractivity contribution is 0.100. The number of amides is 1. The summed E-state index contributed by atoms with van der Waals surface area (Å²) in [5.74, 6) is -0.822. The number of aliphatic imine (C=N–C) groups is 1. The molecule has 0 aliphatic rings. The Kier molecular flexibility index (Phi) is 4.38. The second-order valence-corrected chi connectivity index (χ2v) is 5.85. The standard InChI is InChI=1S/C17H12Cl2N4O/c18-12-2-1-3-13(19)14(12)15-11-8-10(16(24)23-17(20)21)5-4-9(11)6-7-22-15/h1-8H,(H4,20,21,23,24). The van der Waals surface area contributed by atoms with Gasteiger partial charge in [-0.3, -0.25) is 9.78 Å². The maximum Gasteiger partial charge on any atom is 0.280 e. The van der Waals surface area contributed by atoms with E-state index in [1.165, 1.54) is 0 Å². The predicted molar refractivity (Wildman–Crippen MR) is 97.3 cm³/mol. The first-order chi connectivity index (χ1) is 11.5. The number of fused-ring (bicyclic) bond motifs is 1. The molecule has 4 N–H and O–H groups in total. The number of nitrogens with two attached hydrogens (primary N) is 2. The van der Waals surface area contributed by atoms with Crippen LogP contribution in [0.5, 0.6) is 0 Å². The average molecular weight is 359 g/mol. The number of halogens is 2. The molecule has 0 saturated heterocycles. The minimum atomic E-state index is -0.531. The minimum Gasteiger partial charge on any atom is -0.370 e. The van der Waals surface area contributed by atoms with Crippen molar-refractivity contribution in [2.45, 2.75) is 0 Å².